The minimum Gasteiger partial charge on any atom is -0.690 e. The van der Waals surface area contributed by atoms with Gasteiger partial charge in [0.25, 0.3) is 0 Å². The van der Waals surface area contributed by atoms with Crippen LogP contribution in [0.1, 0.15) is 0 Å². The molecule has 0 aliphatic carbocycles. The number of hydrogen-bond donors (Lipinski definition) is 0. The predicted molar refractivity (Wildman–Crippen MR) is 13.0 cm³/mol. The van der Waals surface area contributed by atoms with E-state index in [9.17, 15) is 0 Å². The van der Waals surface area contributed by atoms with E-state index in [4.69, 9.17) is 5.26 Å². The number of rotatable bonds is 2. The van der Waals surface area contributed by atoms with Gasteiger partial charge in [0.2, 0.25) is 0 Å². The first-order chi connectivity index (χ1) is 2.41. The van der Waals surface area contributed by atoms with Crippen molar-refractivity contribution in [3.63, 3.8) is 0 Å². The zero-order chi connectivity index (χ0) is 4.12. The first-order valence-electron chi connectivity index (χ1n) is 0.736. The smallest absolute Gasteiger partial charge is 0.0455 e. The maximum atomic E-state index is 8.67. The minimum atomic E-state index is 1.65. The minimum absolute atomic E-state index is 1.65. The summed E-state index contributed by atoms with van der Waals surface area (Å²) < 4.78 is 3.57. The van der Waals surface area contributed by atoms with E-state index in [0.29, 0.717) is 0 Å². The molecule has 0 aliphatic heterocycles. The highest BCUT2D eigenvalue weighted by molar-refractivity contribution is 7.09. The van der Waals surface area contributed by atoms with Crippen LogP contribution in [0.25, 0.3) is 0 Å². The van der Waals surface area contributed by atoms with Crippen molar-refractivity contribution in [2.24, 2.45) is 0 Å². The Morgan fingerprint density at radius 1 is 1.60 bits per heavy atom. The van der Waals surface area contributed by atoms with Gasteiger partial charge in [0.05, 0.1) is 0 Å². The molecule has 0 saturated heterocycles. The molecule has 0 heterocycles. The first-order valence-corrected chi connectivity index (χ1v) is 1.21. The van der Waals surface area contributed by atoms with Crippen LogP contribution in [-0.2, 0) is 14.8 Å². The maximum absolute atomic E-state index is 8.67. The number of hydrogen-bond acceptors (Lipinski definition) is 4. The van der Waals surface area contributed by atoms with E-state index in [2.05, 4.69) is 14.8 Å². The van der Waals surface area contributed by atoms with Gasteiger partial charge in [0.1, 0.15) is 0 Å². The highest BCUT2D eigenvalue weighted by Gasteiger charge is 1.56. The summed E-state index contributed by atoms with van der Waals surface area (Å²) in [6.07, 6.45) is 0. The molecule has 0 aliphatic rings. The van der Waals surface area contributed by atoms with Crippen molar-refractivity contribution >= 4 is 9.47 Å². The van der Waals surface area contributed by atoms with Gasteiger partial charge in [-0.05, 0) is 0 Å². The third-order valence-electron chi connectivity index (χ3n) is 0.0671. The van der Waals surface area contributed by atoms with Crippen LogP contribution in [0.4, 0.5) is 0 Å². The molecule has 0 aromatic carbocycles. The molecule has 0 radical (unpaired) electrons. The second-order valence-corrected chi connectivity index (χ2v) is 0.425. The molecule has 0 amide bonds. The highest BCUT2D eigenvalue weighted by atomic mass is 31.0. The zero-order valence-electron chi connectivity index (χ0n) is 2.21. The topological polar surface area (TPSA) is 50.8 Å². The van der Waals surface area contributed by atoms with Crippen LogP contribution >= 0.6 is 9.47 Å². The Hall–Kier alpha value is 0.270. The van der Waals surface area contributed by atoms with Crippen LogP contribution in [0.2, 0.25) is 0 Å². The fourth-order valence-electron chi connectivity index (χ4n) is 0.0160. The monoisotopic (exact) mass is 97.0 g/mol. The highest BCUT2D eigenvalue weighted by Crippen LogP contribution is 1.81. The largest absolute Gasteiger partial charge is 0.690 e. The quantitative estimate of drug-likeness (QED) is 0.250. The van der Waals surface area contributed by atoms with Crippen molar-refractivity contribution in [3.05, 3.63) is 0 Å². The normalized spacial score (nSPS) is 8.40. The van der Waals surface area contributed by atoms with Crippen LogP contribution in [0.15, 0.2) is 0 Å². The van der Waals surface area contributed by atoms with Crippen molar-refractivity contribution in [3.8, 4) is 0 Å². The SMILES string of the molecule is [O-]OOOP. The second-order valence-electron chi connectivity index (χ2n) is 0.232. The zero-order valence-corrected chi connectivity index (χ0v) is 3.37. The van der Waals surface area contributed by atoms with Gasteiger partial charge in [-0.2, -0.15) is 4.67 Å². The van der Waals surface area contributed by atoms with Crippen molar-refractivity contribution in [2.75, 3.05) is 0 Å². The molecule has 0 bridgehead atoms. The fourth-order valence-corrected chi connectivity index (χ4v) is 0.0481. The Bertz CT molecular complexity index is 11.1. The summed E-state index contributed by atoms with van der Waals surface area (Å²) in [5.41, 5.74) is 0. The van der Waals surface area contributed by atoms with Crippen molar-refractivity contribution in [2.45, 2.75) is 0 Å². The molecular weight excluding hydrogens is 95.0 g/mol. The van der Waals surface area contributed by atoms with Crippen LogP contribution in [0.5, 0.6) is 0 Å². The molecule has 5 heteroatoms. The summed E-state index contributed by atoms with van der Waals surface area (Å²) >= 11 is 0. The van der Waals surface area contributed by atoms with E-state index < -0.39 is 0 Å². The molecule has 4 nitrogen and oxygen atoms in total. The molecule has 0 fully saturated rings. The lowest BCUT2D eigenvalue weighted by atomic mass is 14.4. The fraction of sp³-hybridized carbons (Fsp3) is 0. The van der Waals surface area contributed by atoms with Crippen LogP contribution < -0.4 is 5.26 Å². The molecule has 32 valence electrons. The summed E-state index contributed by atoms with van der Waals surface area (Å²) in [5, 5.41) is 14.6. The van der Waals surface area contributed by atoms with Gasteiger partial charge in [0, 0.05) is 9.47 Å². The Kier molecular flexibility index (Phi) is 4.50. The van der Waals surface area contributed by atoms with E-state index in [0.717, 1.165) is 0 Å². The van der Waals surface area contributed by atoms with E-state index in [1.54, 1.807) is 9.47 Å². The molecule has 0 aromatic heterocycles. The standard InChI is InChI=1S/H3O4P/c1-2-3-4-5/h1H,5H2/p-1. The molecule has 0 saturated carbocycles. The van der Waals surface area contributed by atoms with Gasteiger partial charge in [-0.1, -0.05) is 5.04 Å². The molecule has 1 unspecified atom stereocenters. The van der Waals surface area contributed by atoms with E-state index >= 15 is 0 Å². The molecule has 1 atom stereocenters. The van der Waals surface area contributed by atoms with E-state index in [1.807, 2.05) is 0 Å². The summed E-state index contributed by atoms with van der Waals surface area (Å²) in [6, 6.07) is 0. The molecular formula is H2O4P-. The average molecular weight is 97.0 g/mol. The third kappa shape index (κ3) is 4.27. The Balaban J connectivity index is 2.19. The Morgan fingerprint density at radius 3 is 2.20 bits per heavy atom. The van der Waals surface area contributed by atoms with Crippen molar-refractivity contribution < 1.29 is 20.0 Å². The first kappa shape index (κ1) is 5.27. The molecule has 0 rings (SSSR count). The Labute approximate surface area is 30.7 Å². The molecule has 0 spiro atoms. The van der Waals surface area contributed by atoms with Gasteiger partial charge in [-0.15, -0.1) is 0 Å². The predicted octanol–water partition coefficient (Wildman–Crippen LogP) is -1.07. The summed E-state index contributed by atoms with van der Waals surface area (Å²) in [5.74, 6) is 0. The van der Waals surface area contributed by atoms with Crippen LogP contribution in [0, 0.1) is 0 Å². The Morgan fingerprint density at radius 2 is 2.20 bits per heavy atom. The average Bonchev–Trinajstić information content (AvgIpc) is 1.41. The van der Waals surface area contributed by atoms with Gasteiger partial charge in [-0.25, -0.2) is 0 Å². The molecule has 0 N–H and O–H groups in total. The summed E-state index contributed by atoms with van der Waals surface area (Å²) in [6.45, 7) is 0. The van der Waals surface area contributed by atoms with Crippen molar-refractivity contribution in [1.82, 2.24) is 0 Å². The third-order valence-corrected chi connectivity index (χ3v) is 0.146. The van der Waals surface area contributed by atoms with E-state index in [1.165, 1.54) is 0 Å². The molecule has 0 aromatic rings. The van der Waals surface area contributed by atoms with Gasteiger partial charge >= 0.3 is 0 Å². The van der Waals surface area contributed by atoms with Crippen LogP contribution in [-0.4, -0.2) is 0 Å². The molecule has 5 heavy (non-hydrogen) atoms. The lowest BCUT2D eigenvalue weighted by molar-refractivity contribution is -0.838. The van der Waals surface area contributed by atoms with Crippen LogP contribution in [0.3, 0.4) is 0 Å². The maximum Gasteiger partial charge on any atom is 0.0455 e. The lowest BCUT2D eigenvalue weighted by Crippen LogP contribution is -2.02. The lowest BCUT2D eigenvalue weighted by Gasteiger charge is -1.96. The van der Waals surface area contributed by atoms with Crippen molar-refractivity contribution in [1.29, 1.82) is 0 Å². The summed E-state index contributed by atoms with van der Waals surface area (Å²) in [4.78, 5) is 0. The van der Waals surface area contributed by atoms with Gasteiger partial charge in [0.15, 0.2) is 0 Å². The van der Waals surface area contributed by atoms with E-state index in [-0.39, 0.29) is 0 Å². The summed E-state index contributed by atoms with van der Waals surface area (Å²) in [7, 11) is 1.65. The van der Waals surface area contributed by atoms with Gasteiger partial charge < -0.3 is 5.26 Å². The second kappa shape index (κ2) is 4.27. The van der Waals surface area contributed by atoms with Gasteiger partial charge in [-0.3, -0.25) is 5.04 Å².